The first-order chi connectivity index (χ1) is 17.2. The number of carbonyl (C=O) groups excluding carboxylic acids is 1. The average Bonchev–Trinajstić information content (AvgIpc) is 2.82. The average molecular weight is 501 g/mol. The van der Waals surface area contributed by atoms with Crippen LogP contribution in [0.1, 0.15) is 66.7 Å². The normalized spacial score (nSPS) is 39.5. The van der Waals surface area contributed by atoms with E-state index in [1.807, 2.05) is 20.0 Å². The van der Waals surface area contributed by atoms with Gasteiger partial charge in [0.05, 0.1) is 24.4 Å². The molecule has 2 rings (SSSR count). The molecule has 0 aliphatic carbocycles. The lowest BCUT2D eigenvalue weighted by atomic mass is 9.97. The number of hydrogen-bond donors (Lipinski definition) is 3. The SMILES string of the molecule is CN[C@@H]1C(C)O[C@@H](O[C@H]2C/C=C(\C)C/C(C)=C/C=C/CC[C@H](C)CNC(=O)/C=C/C=C/[C@@H]2C)C[C@H]1O. The van der Waals surface area contributed by atoms with Crippen molar-refractivity contribution in [1.29, 1.82) is 0 Å². The van der Waals surface area contributed by atoms with Gasteiger partial charge in [-0.15, -0.1) is 0 Å². The molecule has 202 valence electrons. The number of nitrogens with one attached hydrogen (secondary N) is 2. The highest BCUT2D eigenvalue weighted by atomic mass is 16.7. The van der Waals surface area contributed by atoms with E-state index >= 15 is 0 Å². The zero-order chi connectivity index (χ0) is 26.5. The number of aliphatic hydroxyl groups excluding tert-OH is 1. The van der Waals surface area contributed by atoms with Crippen LogP contribution in [0.3, 0.4) is 0 Å². The molecule has 6 heteroatoms. The molecule has 0 aromatic carbocycles. The van der Waals surface area contributed by atoms with Crippen molar-refractivity contribution < 1.29 is 19.4 Å². The maximum Gasteiger partial charge on any atom is 0.243 e. The molecular weight excluding hydrogens is 452 g/mol. The Morgan fingerprint density at radius 3 is 2.64 bits per heavy atom. The van der Waals surface area contributed by atoms with E-state index in [1.165, 1.54) is 11.1 Å². The summed E-state index contributed by atoms with van der Waals surface area (Å²) < 4.78 is 12.5. The van der Waals surface area contributed by atoms with Gasteiger partial charge in [-0.25, -0.2) is 0 Å². The number of aliphatic hydroxyl groups is 1. The summed E-state index contributed by atoms with van der Waals surface area (Å²) in [6.45, 7) is 11.2. The number of allylic oxidation sites excluding steroid dienone is 7. The molecule has 0 aromatic heterocycles. The second kappa shape index (κ2) is 16.0. The summed E-state index contributed by atoms with van der Waals surface area (Å²) in [6, 6.07) is -0.105. The first kappa shape index (κ1) is 30.2. The minimum atomic E-state index is -0.524. The highest BCUT2D eigenvalue weighted by Crippen LogP contribution is 2.26. The molecule has 6 nitrogen and oxygen atoms in total. The zero-order valence-electron chi connectivity index (χ0n) is 23.1. The molecule has 2 aliphatic rings. The van der Waals surface area contributed by atoms with Gasteiger partial charge in [0.15, 0.2) is 6.29 Å². The second-order valence-electron chi connectivity index (χ2n) is 10.5. The Bertz CT molecular complexity index is 817. The van der Waals surface area contributed by atoms with Gasteiger partial charge in [-0.1, -0.05) is 67.5 Å². The lowest BCUT2D eigenvalue weighted by molar-refractivity contribution is -0.241. The van der Waals surface area contributed by atoms with Crippen LogP contribution in [0.5, 0.6) is 0 Å². The van der Waals surface area contributed by atoms with Crippen LogP contribution in [0.4, 0.5) is 0 Å². The first-order valence-corrected chi connectivity index (χ1v) is 13.5. The van der Waals surface area contributed by atoms with Crippen LogP contribution in [-0.2, 0) is 14.3 Å². The van der Waals surface area contributed by atoms with Gasteiger partial charge in [0.2, 0.25) is 5.91 Å². The van der Waals surface area contributed by atoms with Gasteiger partial charge in [0, 0.05) is 25.0 Å². The van der Waals surface area contributed by atoms with E-state index in [0.717, 1.165) is 25.7 Å². The Morgan fingerprint density at radius 1 is 1.14 bits per heavy atom. The Morgan fingerprint density at radius 2 is 1.92 bits per heavy atom. The smallest absolute Gasteiger partial charge is 0.243 e. The van der Waals surface area contributed by atoms with Gasteiger partial charge in [-0.3, -0.25) is 4.79 Å². The van der Waals surface area contributed by atoms with E-state index in [4.69, 9.17) is 9.47 Å². The van der Waals surface area contributed by atoms with Crippen LogP contribution in [-0.4, -0.2) is 55.2 Å². The molecule has 1 fully saturated rings. The number of ether oxygens (including phenoxy) is 2. The Balaban J connectivity index is 2.18. The fourth-order valence-corrected chi connectivity index (χ4v) is 4.68. The van der Waals surface area contributed by atoms with Crippen molar-refractivity contribution in [3.05, 3.63) is 59.8 Å². The summed E-state index contributed by atoms with van der Waals surface area (Å²) in [5.41, 5.74) is 2.62. The van der Waals surface area contributed by atoms with Gasteiger partial charge in [0.25, 0.3) is 0 Å². The topological polar surface area (TPSA) is 79.8 Å². The number of carbonyl (C=O) groups is 1. The highest BCUT2D eigenvalue weighted by Gasteiger charge is 2.36. The summed E-state index contributed by atoms with van der Waals surface area (Å²) >= 11 is 0. The second-order valence-corrected chi connectivity index (χ2v) is 10.5. The molecule has 0 saturated carbocycles. The third kappa shape index (κ3) is 11.0. The lowest BCUT2D eigenvalue weighted by Gasteiger charge is -2.39. The van der Waals surface area contributed by atoms with E-state index in [0.29, 0.717) is 18.9 Å². The first-order valence-electron chi connectivity index (χ1n) is 13.5. The number of rotatable bonds is 3. The van der Waals surface area contributed by atoms with Crippen molar-refractivity contribution >= 4 is 5.91 Å². The van der Waals surface area contributed by atoms with Crippen molar-refractivity contribution in [3.8, 4) is 0 Å². The Hall–Kier alpha value is -1.99. The van der Waals surface area contributed by atoms with Crippen LogP contribution in [0.25, 0.3) is 0 Å². The largest absolute Gasteiger partial charge is 0.391 e. The monoisotopic (exact) mass is 500 g/mol. The summed E-state index contributed by atoms with van der Waals surface area (Å²) in [7, 11) is 1.84. The fraction of sp³-hybridized carbons (Fsp3) is 0.633. The Kier molecular flexibility index (Phi) is 13.4. The third-order valence-electron chi connectivity index (χ3n) is 6.96. The van der Waals surface area contributed by atoms with E-state index in [1.54, 1.807) is 12.2 Å². The van der Waals surface area contributed by atoms with E-state index in [2.05, 4.69) is 68.7 Å². The fourth-order valence-electron chi connectivity index (χ4n) is 4.68. The van der Waals surface area contributed by atoms with Crippen LogP contribution in [0.15, 0.2) is 59.8 Å². The summed E-state index contributed by atoms with van der Waals surface area (Å²) in [5, 5.41) is 16.7. The van der Waals surface area contributed by atoms with E-state index in [-0.39, 0.29) is 30.1 Å². The summed E-state index contributed by atoms with van der Waals surface area (Å²) in [4.78, 5) is 12.2. The van der Waals surface area contributed by atoms with Crippen molar-refractivity contribution in [2.75, 3.05) is 13.6 Å². The molecule has 0 spiro atoms. The predicted octanol–water partition coefficient (Wildman–Crippen LogP) is 4.98. The van der Waals surface area contributed by atoms with E-state index in [9.17, 15) is 9.90 Å². The predicted molar refractivity (Wildman–Crippen MR) is 147 cm³/mol. The van der Waals surface area contributed by atoms with Crippen LogP contribution < -0.4 is 10.6 Å². The van der Waals surface area contributed by atoms with Crippen molar-refractivity contribution in [2.45, 2.75) is 97.4 Å². The van der Waals surface area contributed by atoms with Gasteiger partial charge in [-0.2, -0.15) is 0 Å². The van der Waals surface area contributed by atoms with Crippen molar-refractivity contribution in [1.82, 2.24) is 10.6 Å². The molecule has 0 aromatic rings. The quantitative estimate of drug-likeness (QED) is 0.477. The molecule has 0 bridgehead atoms. The molecule has 1 unspecified atom stereocenters. The molecule has 2 aliphatic heterocycles. The highest BCUT2D eigenvalue weighted by molar-refractivity contribution is 5.87. The van der Waals surface area contributed by atoms with Crippen molar-refractivity contribution in [2.24, 2.45) is 11.8 Å². The molecule has 36 heavy (non-hydrogen) atoms. The van der Waals surface area contributed by atoms with Gasteiger partial charge < -0.3 is 25.2 Å². The molecular formula is C30H48N2O4. The Labute approximate surface area is 218 Å². The zero-order valence-corrected chi connectivity index (χ0v) is 23.1. The molecule has 2 heterocycles. The molecule has 1 saturated heterocycles. The maximum absolute atomic E-state index is 12.2. The third-order valence-corrected chi connectivity index (χ3v) is 6.96. The van der Waals surface area contributed by atoms with Crippen LogP contribution in [0, 0.1) is 11.8 Å². The number of hydrogen-bond acceptors (Lipinski definition) is 5. The molecule has 3 N–H and O–H groups in total. The minimum absolute atomic E-state index is 0.0771. The van der Waals surface area contributed by atoms with Gasteiger partial charge in [-0.05, 0) is 59.4 Å². The van der Waals surface area contributed by atoms with Crippen molar-refractivity contribution in [3.63, 3.8) is 0 Å². The standard InChI is InChI=1S/C30H48N2O4/c1-21-12-8-7-9-13-23(3)20-32-28(34)15-11-10-14-24(4)27(17-16-22(2)18-21)36-29-19-26(33)30(31-6)25(5)35-29/h7-8,10-12,14-16,23-27,29-31,33H,9,13,17-20H2,1-6H3,(H,32,34)/b8-7+,14-10+,15-11+,21-12+,22-16+/t23-,24-,25?,26+,27-,29-,30+/m0/s1. The molecule has 7 atom stereocenters. The molecule has 0 radical (unpaired) electrons. The van der Waals surface area contributed by atoms with Gasteiger partial charge in [0.1, 0.15) is 0 Å². The van der Waals surface area contributed by atoms with Gasteiger partial charge >= 0.3 is 0 Å². The maximum atomic E-state index is 12.2. The van der Waals surface area contributed by atoms with E-state index < -0.39 is 12.4 Å². The number of amides is 1. The van der Waals surface area contributed by atoms with Crippen LogP contribution in [0.2, 0.25) is 0 Å². The molecule has 1 amide bonds. The summed E-state index contributed by atoms with van der Waals surface area (Å²) in [5.74, 6) is 0.435. The minimum Gasteiger partial charge on any atom is -0.391 e. The number of likely N-dealkylation sites (N-methyl/N-ethyl adjacent to an activating group) is 1. The lowest BCUT2D eigenvalue weighted by Crippen LogP contribution is -2.54. The van der Waals surface area contributed by atoms with Crippen LogP contribution >= 0.6 is 0 Å². The summed E-state index contributed by atoms with van der Waals surface area (Å²) in [6.07, 6.45) is 19.0.